The molecule has 0 aliphatic carbocycles. The van der Waals surface area contributed by atoms with Gasteiger partial charge in [-0.15, -0.1) is 0 Å². The smallest absolute Gasteiger partial charge is 0.253 e. The Kier molecular flexibility index (Phi) is 6.25. The maximum Gasteiger partial charge on any atom is 0.253 e. The van der Waals surface area contributed by atoms with E-state index in [0.717, 1.165) is 8.04 Å². The van der Waals surface area contributed by atoms with Gasteiger partial charge in [0.1, 0.15) is 6.04 Å². The molecular formula is C13H16BrIN2O2. The molecule has 2 N–H and O–H groups in total. The number of carbonyl (C=O) groups is 2. The highest BCUT2D eigenvalue weighted by Crippen LogP contribution is 2.18. The van der Waals surface area contributed by atoms with Crippen LogP contribution in [0, 0.1) is 3.57 Å². The Hall–Kier alpha value is -0.630. The van der Waals surface area contributed by atoms with Crippen LogP contribution in [0.15, 0.2) is 22.7 Å². The zero-order valence-electron chi connectivity index (χ0n) is 11.0. The SMILES string of the molecule is CC(C)NC(=O)C(C)NC(=O)c1cc(Br)ccc1I. The molecule has 1 atom stereocenters. The lowest BCUT2D eigenvalue weighted by Gasteiger charge is -2.16. The van der Waals surface area contributed by atoms with Gasteiger partial charge in [-0.3, -0.25) is 9.59 Å². The number of benzene rings is 1. The molecule has 0 aliphatic heterocycles. The minimum atomic E-state index is -0.565. The molecule has 0 spiro atoms. The molecule has 6 heteroatoms. The van der Waals surface area contributed by atoms with E-state index in [2.05, 4.69) is 49.2 Å². The molecule has 0 bridgehead atoms. The van der Waals surface area contributed by atoms with Gasteiger partial charge in [0.15, 0.2) is 0 Å². The highest BCUT2D eigenvalue weighted by atomic mass is 127. The number of halogens is 2. The van der Waals surface area contributed by atoms with Crippen LogP contribution < -0.4 is 10.6 Å². The zero-order valence-corrected chi connectivity index (χ0v) is 14.7. The first-order chi connectivity index (χ1) is 8.81. The molecule has 0 saturated heterocycles. The fourth-order valence-corrected chi connectivity index (χ4v) is 2.36. The van der Waals surface area contributed by atoms with Crippen LogP contribution in [0.1, 0.15) is 31.1 Å². The van der Waals surface area contributed by atoms with Gasteiger partial charge >= 0.3 is 0 Å². The molecule has 0 aliphatic rings. The second-order valence-corrected chi connectivity index (χ2v) is 6.56. The fourth-order valence-electron chi connectivity index (χ4n) is 1.42. The van der Waals surface area contributed by atoms with Crippen molar-refractivity contribution < 1.29 is 9.59 Å². The van der Waals surface area contributed by atoms with Gasteiger partial charge in [0.05, 0.1) is 5.56 Å². The van der Waals surface area contributed by atoms with Crippen LogP contribution in [-0.2, 0) is 4.79 Å². The molecule has 0 radical (unpaired) electrons. The second kappa shape index (κ2) is 7.23. The van der Waals surface area contributed by atoms with Gasteiger partial charge in [0.25, 0.3) is 5.91 Å². The molecule has 1 aromatic rings. The van der Waals surface area contributed by atoms with Crippen LogP contribution in [0.2, 0.25) is 0 Å². The van der Waals surface area contributed by atoms with Crippen molar-refractivity contribution in [2.45, 2.75) is 32.9 Å². The second-order valence-electron chi connectivity index (χ2n) is 4.48. The van der Waals surface area contributed by atoms with Crippen LogP contribution in [0.25, 0.3) is 0 Å². The summed E-state index contributed by atoms with van der Waals surface area (Å²) >= 11 is 5.42. The number of rotatable bonds is 4. The Balaban J connectivity index is 2.74. The van der Waals surface area contributed by atoms with E-state index in [9.17, 15) is 9.59 Å². The summed E-state index contributed by atoms with van der Waals surface area (Å²) in [7, 11) is 0. The van der Waals surface area contributed by atoms with E-state index in [-0.39, 0.29) is 17.9 Å². The Morgan fingerprint density at radius 1 is 1.21 bits per heavy atom. The van der Waals surface area contributed by atoms with E-state index < -0.39 is 6.04 Å². The maximum atomic E-state index is 12.1. The van der Waals surface area contributed by atoms with Crippen molar-refractivity contribution in [1.82, 2.24) is 10.6 Å². The minimum absolute atomic E-state index is 0.0536. The van der Waals surface area contributed by atoms with E-state index in [1.54, 1.807) is 13.0 Å². The summed E-state index contributed by atoms with van der Waals surface area (Å²) in [6.07, 6.45) is 0. The van der Waals surface area contributed by atoms with Gasteiger partial charge in [-0.05, 0) is 61.6 Å². The van der Waals surface area contributed by atoms with Gasteiger partial charge in [0, 0.05) is 14.1 Å². The Morgan fingerprint density at radius 2 is 1.84 bits per heavy atom. The monoisotopic (exact) mass is 438 g/mol. The van der Waals surface area contributed by atoms with E-state index in [0.29, 0.717) is 5.56 Å². The average Bonchev–Trinajstić information content (AvgIpc) is 2.31. The maximum absolute atomic E-state index is 12.1. The summed E-state index contributed by atoms with van der Waals surface area (Å²) in [5, 5.41) is 5.45. The Bertz CT molecular complexity index is 492. The van der Waals surface area contributed by atoms with Gasteiger partial charge in [0.2, 0.25) is 5.91 Å². The molecule has 19 heavy (non-hydrogen) atoms. The molecule has 1 unspecified atom stereocenters. The first-order valence-corrected chi connectivity index (χ1v) is 7.74. The third kappa shape index (κ3) is 5.10. The molecular weight excluding hydrogens is 423 g/mol. The molecule has 0 saturated carbocycles. The van der Waals surface area contributed by atoms with Gasteiger partial charge in [-0.25, -0.2) is 0 Å². The van der Waals surface area contributed by atoms with Gasteiger partial charge in [-0.2, -0.15) is 0 Å². The van der Waals surface area contributed by atoms with Crippen LogP contribution in [0.3, 0.4) is 0 Å². The van der Waals surface area contributed by atoms with Crippen molar-refractivity contribution >= 4 is 50.3 Å². The van der Waals surface area contributed by atoms with Crippen LogP contribution >= 0.6 is 38.5 Å². The highest BCUT2D eigenvalue weighted by molar-refractivity contribution is 14.1. The molecule has 1 rings (SSSR count). The summed E-state index contributed by atoms with van der Waals surface area (Å²) in [6.45, 7) is 5.42. The first kappa shape index (κ1) is 16.4. The summed E-state index contributed by atoms with van der Waals surface area (Å²) in [6, 6.07) is 4.94. The predicted octanol–water partition coefficient (Wildman–Crippen LogP) is 2.70. The van der Waals surface area contributed by atoms with E-state index >= 15 is 0 Å². The summed E-state index contributed by atoms with van der Waals surface area (Å²) in [5.74, 6) is -0.439. The minimum Gasteiger partial charge on any atom is -0.352 e. The Labute approximate surface area is 135 Å². The average molecular weight is 439 g/mol. The molecule has 0 heterocycles. The molecule has 2 amide bonds. The van der Waals surface area contributed by atoms with Crippen molar-refractivity contribution in [3.05, 3.63) is 31.8 Å². The number of nitrogens with one attached hydrogen (secondary N) is 2. The topological polar surface area (TPSA) is 58.2 Å². The molecule has 0 fully saturated rings. The van der Waals surface area contributed by atoms with Crippen molar-refractivity contribution in [2.75, 3.05) is 0 Å². The number of carbonyl (C=O) groups excluding carboxylic acids is 2. The third-order valence-corrected chi connectivity index (χ3v) is 3.78. The third-order valence-electron chi connectivity index (χ3n) is 2.34. The summed E-state index contributed by atoms with van der Waals surface area (Å²) < 4.78 is 1.67. The van der Waals surface area contributed by atoms with E-state index in [4.69, 9.17) is 0 Å². The van der Waals surface area contributed by atoms with Crippen molar-refractivity contribution in [2.24, 2.45) is 0 Å². The largest absolute Gasteiger partial charge is 0.352 e. The van der Waals surface area contributed by atoms with Crippen LogP contribution in [-0.4, -0.2) is 23.9 Å². The molecule has 1 aromatic carbocycles. The fraction of sp³-hybridized carbons (Fsp3) is 0.385. The first-order valence-electron chi connectivity index (χ1n) is 5.87. The number of hydrogen-bond acceptors (Lipinski definition) is 2. The molecule has 4 nitrogen and oxygen atoms in total. The van der Waals surface area contributed by atoms with Crippen LogP contribution in [0.4, 0.5) is 0 Å². The molecule has 104 valence electrons. The lowest BCUT2D eigenvalue weighted by molar-refractivity contribution is -0.123. The van der Waals surface area contributed by atoms with Crippen molar-refractivity contribution in [3.63, 3.8) is 0 Å². The normalized spacial score (nSPS) is 12.1. The highest BCUT2D eigenvalue weighted by Gasteiger charge is 2.18. The lowest BCUT2D eigenvalue weighted by atomic mass is 10.2. The molecule has 0 aromatic heterocycles. The quantitative estimate of drug-likeness (QED) is 0.710. The van der Waals surface area contributed by atoms with Gasteiger partial charge in [-0.1, -0.05) is 15.9 Å². The van der Waals surface area contributed by atoms with Gasteiger partial charge < -0.3 is 10.6 Å². The van der Waals surface area contributed by atoms with E-state index in [1.165, 1.54) is 0 Å². The van der Waals surface area contributed by atoms with Crippen molar-refractivity contribution in [3.8, 4) is 0 Å². The lowest BCUT2D eigenvalue weighted by Crippen LogP contribution is -2.46. The van der Waals surface area contributed by atoms with E-state index in [1.807, 2.05) is 26.0 Å². The number of amides is 2. The zero-order chi connectivity index (χ0) is 14.6. The number of hydrogen-bond donors (Lipinski definition) is 2. The standard InChI is InChI=1S/C13H16BrIN2O2/c1-7(2)16-12(18)8(3)17-13(19)10-6-9(14)4-5-11(10)15/h4-8H,1-3H3,(H,16,18)(H,17,19). The summed E-state index contributed by atoms with van der Waals surface area (Å²) in [5.41, 5.74) is 0.555. The predicted molar refractivity (Wildman–Crippen MR) is 87.1 cm³/mol. The van der Waals surface area contributed by atoms with Crippen LogP contribution in [0.5, 0.6) is 0 Å². The van der Waals surface area contributed by atoms with Crippen molar-refractivity contribution in [1.29, 1.82) is 0 Å². The summed E-state index contributed by atoms with van der Waals surface area (Å²) in [4.78, 5) is 23.8. The Morgan fingerprint density at radius 3 is 2.42 bits per heavy atom.